The molecule has 0 radical (unpaired) electrons. The number of rotatable bonds is 7. The Labute approximate surface area is 134 Å². The van der Waals surface area contributed by atoms with Crippen LogP contribution in [0.15, 0.2) is 46.9 Å². The van der Waals surface area contributed by atoms with Crippen molar-refractivity contribution in [1.82, 2.24) is 5.32 Å². The minimum Gasteiger partial charge on any atom is -0.497 e. The van der Waals surface area contributed by atoms with Crippen LogP contribution < -0.4 is 14.8 Å². The minimum absolute atomic E-state index is 0.541. The summed E-state index contributed by atoms with van der Waals surface area (Å²) in [5, 5.41) is 3.32. The van der Waals surface area contributed by atoms with Gasteiger partial charge >= 0.3 is 0 Å². The number of hydrogen-bond acceptors (Lipinski definition) is 3. The molecule has 0 atom stereocenters. The Morgan fingerprint density at radius 1 is 1.10 bits per heavy atom. The Hall–Kier alpha value is -1.52. The van der Waals surface area contributed by atoms with E-state index in [0.717, 1.165) is 40.2 Å². The van der Waals surface area contributed by atoms with Crippen molar-refractivity contribution in [2.24, 2.45) is 0 Å². The van der Waals surface area contributed by atoms with E-state index >= 15 is 0 Å². The highest BCUT2D eigenvalue weighted by atomic mass is 79.9. The lowest BCUT2D eigenvalue weighted by molar-refractivity contribution is 0.299. The average molecular weight is 350 g/mol. The van der Waals surface area contributed by atoms with E-state index in [2.05, 4.69) is 28.2 Å². The van der Waals surface area contributed by atoms with Crippen molar-refractivity contribution in [1.29, 1.82) is 0 Å². The van der Waals surface area contributed by atoms with Crippen LogP contribution in [0.3, 0.4) is 0 Å². The quantitative estimate of drug-likeness (QED) is 0.814. The molecule has 1 N–H and O–H groups in total. The molecule has 0 amide bonds. The molecule has 3 nitrogen and oxygen atoms in total. The van der Waals surface area contributed by atoms with Crippen molar-refractivity contribution in [3.8, 4) is 11.5 Å². The zero-order valence-electron chi connectivity index (χ0n) is 12.4. The number of nitrogens with one attached hydrogen (secondary N) is 1. The van der Waals surface area contributed by atoms with Crippen LogP contribution in [-0.2, 0) is 13.2 Å². The summed E-state index contributed by atoms with van der Waals surface area (Å²) in [6.07, 6.45) is 0. The van der Waals surface area contributed by atoms with Gasteiger partial charge in [0, 0.05) is 22.6 Å². The second-order valence-corrected chi connectivity index (χ2v) is 5.58. The van der Waals surface area contributed by atoms with Crippen LogP contribution >= 0.6 is 15.9 Å². The largest absolute Gasteiger partial charge is 0.497 e. The van der Waals surface area contributed by atoms with Gasteiger partial charge in [-0.05, 0) is 30.3 Å². The van der Waals surface area contributed by atoms with Crippen molar-refractivity contribution < 1.29 is 9.47 Å². The van der Waals surface area contributed by atoms with Crippen LogP contribution in [0.1, 0.15) is 18.1 Å². The van der Waals surface area contributed by atoms with Crippen molar-refractivity contribution in [3.05, 3.63) is 58.1 Å². The summed E-state index contributed by atoms with van der Waals surface area (Å²) in [5.74, 6) is 1.67. The Kier molecular flexibility index (Phi) is 6.08. The molecule has 4 heteroatoms. The van der Waals surface area contributed by atoms with Gasteiger partial charge in [0.05, 0.1) is 7.11 Å². The molecular formula is C17H20BrNO2. The molecule has 0 saturated heterocycles. The van der Waals surface area contributed by atoms with E-state index < -0.39 is 0 Å². The molecule has 0 aliphatic carbocycles. The monoisotopic (exact) mass is 349 g/mol. The minimum atomic E-state index is 0.541. The molecule has 0 aliphatic rings. The summed E-state index contributed by atoms with van der Waals surface area (Å²) in [6, 6.07) is 14.1. The van der Waals surface area contributed by atoms with Crippen molar-refractivity contribution >= 4 is 15.9 Å². The average Bonchev–Trinajstić information content (AvgIpc) is 2.52. The Balaban J connectivity index is 2.10. The molecule has 0 aliphatic heterocycles. The molecule has 0 fully saturated rings. The SMILES string of the molecule is CCNCc1ccc(OC)cc1OCc1ccc(Br)cc1. The molecule has 2 aromatic rings. The lowest BCUT2D eigenvalue weighted by Crippen LogP contribution is -2.13. The van der Waals surface area contributed by atoms with Crippen LogP contribution in [0.25, 0.3) is 0 Å². The smallest absolute Gasteiger partial charge is 0.127 e. The molecule has 0 heterocycles. The maximum Gasteiger partial charge on any atom is 0.127 e. The second kappa shape index (κ2) is 8.05. The molecule has 0 unspecified atom stereocenters. The van der Waals surface area contributed by atoms with E-state index in [-0.39, 0.29) is 0 Å². The summed E-state index contributed by atoms with van der Waals surface area (Å²) in [7, 11) is 1.66. The van der Waals surface area contributed by atoms with Crippen molar-refractivity contribution in [3.63, 3.8) is 0 Å². The first kappa shape index (κ1) is 15.9. The Morgan fingerprint density at radius 3 is 2.52 bits per heavy atom. The normalized spacial score (nSPS) is 10.4. The zero-order chi connectivity index (χ0) is 15.1. The number of ether oxygens (including phenoxy) is 2. The van der Waals surface area contributed by atoms with E-state index in [1.807, 2.05) is 42.5 Å². The highest BCUT2D eigenvalue weighted by Gasteiger charge is 2.06. The van der Waals surface area contributed by atoms with Crippen LogP contribution in [-0.4, -0.2) is 13.7 Å². The molecular weight excluding hydrogens is 330 g/mol. The highest BCUT2D eigenvalue weighted by molar-refractivity contribution is 9.10. The third-order valence-electron chi connectivity index (χ3n) is 3.15. The molecule has 0 saturated carbocycles. The van der Waals surface area contributed by atoms with Crippen LogP contribution in [0, 0.1) is 0 Å². The summed E-state index contributed by atoms with van der Waals surface area (Å²) >= 11 is 3.43. The van der Waals surface area contributed by atoms with Gasteiger partial charge in [-0.2, -0.15) is 0 Å². The number of hydrogen-bond donors (Lipinski definition) is 1. The number of halogens is 1. The van der Waals surface area contributed by atoms with Gasteiger partial charge in [0.25, 0.3) is 0 Å². The fourth-order valence-electron chi connectivity index (χ4n) is 1.94. The van der Waals surface area contributed by atoms with E-state index in [4.69, 9.17) is 9.47 Å². The lowest BCUT2D eigenvalue weighted by Gasteiger charge is -2.13. The van der Waals surface area contributed by atoms with Crippen molar-refractivity contribution in [2.45, 2.75) is 20.1 Å². The van der Waals surface area contributed by atoms with Crippen LogP contribution in [0.5, 0.6) is 11.5 Å². The first-order valence-electron chi connectivity index (χ1n) is 6.97. The van der Waals surface area contributed by atoms with Gasteiger partial charge in [0.15, 0.2) is 0 Å². The molecule has 2 aromatic carbocycles. The molecule has 21 heavy (non-hydrogen) atoms. The van der Waals surface area contributed by atoms with Gasteiger partial charge in [0.1, 0.15) is 18.1 Å². The standard InChI is InChI=1S/C17H20BrNO2/c1-3-19-11-14-6-9-16(20-2)10-17(14)21-12-13-4-7-15(18)8-5-13/h4-10,19H,3,11-12H2,1-2H3. The predicted octanol–water partition coefficient (Wildman–Crippen LogP) is 4.15. The van der Waals surface area contributed by atoms with Crippen molar-refractivity contribution in [2.75, 3.05) is 13.7 Å². The Morgan fingerprint density at radius 2 is 1.86 bits per heavy atom. The van der Waals surface area contributed by atoms with Crippen LogP contribution in [0.2, 0.25) is 0 Å². The topological polar surface area (TPSA) is 30.5 Å². The highest BCUT2D eigenvalue weighted by Crippen LogP contribution is 2.26. The second-order valence-electron chi connectivity index (χ2n) is 4.67. The Bertz CT molecular complexity index is 570. The van der Waals surface area contributed by atoms with Crippen LogP contribution in [0.4, 0.5) is 0 Å². The third kappa shape index (κ3) is 4.76. The first-order valence-corrected chi connectivity index (χ1v) is 7.77. The van der Waals surface area contributed by atoms with E-state index in [0.29, 0.717) is 6.61 Å². The molecule has 0 aromatic heterocycles. The maximum absolute atomic E-state index is 5.97. The van der Waals surface area contributed by atoms with E-state index in [1.165, 1.54) is 0 Å². The lowest BCUT2D eigenvalue weighted by atomic mass is 10.2. The molecule has 0 bridgehead atoms. The van der Waals surface area contributed by atoms with E-state index in [9.17, 15) is 0 Å². The van der Waals surface area contributed by atoms with Gasteiger partial charge in [0.2, 0.25) is 0 Å². The van der Waals surface area contributed by atoms with Gasteiger partial charge in [-0.25, -0.2) is 0 Å². The molecule has 112 valence electrons. The maximum atomic E-state index is 5.97. The van der Waals surface area contributed by atoms with Gasteiger partial charge < -0.3 is 14.8 Å². The molecule has 0 spiro atoms. The van der Waals surface area contributed by atoms with Gasteiger partial charge in [-0.15, -0.1) is 0 Å². The van der Waals surface area contributed by atoms with E-state index in [1.54, 1.807) is 7.11 Å². The molecule has 2 rings (SSSR count). The number of benzene rings is 2. The fourth-order valence-corrected chi connectivity index (χ4v) is 2.21. The van der Waals surface area contributed by atoms with Gasteiger partial charge in [-0.3, -0.25) is 0 Å². The number of methoxy groups -OCH3 is 1. The fraction of sp³-hybridized carbons (Fsp3) is 0.294. The summed E-state index contributed by atoms with van der Waals surface area (Å²) in [6.45, 7) is 4.35. The predicted molar refractivity (Wildman–Crippen MR) is 88.8 cm³/mol. The summed E-state index contributed by atoms with van der Waals surface area (Å²) in [5.41, 5.74) is 2.27. The van der Waals surface area contributed by atoms with Gasteiger partial charge in [-0.1, -0.05) is 41.1 Å². The summed E-state index contributed by atoms with van der Waals surface area (Å²) in [4.78, 5) is 0. The zero-order valence-corrected chi connectivity index (χ0v) is 13.9. The third-order valence-corrected chi connectivity index (χ3v) is 3.68. The summed E-state index contributed by atoms with van der Waals surface area (Å²) < 4.78 is 12.3. The first-order chi connectivity index (χ1) is 10.2.